The molecule has 33 heavy (non-hydrogen) atoms. The van der Waals surface area contributed by atoms with Crippen molar-refractivity contribution < 1.29 is 5.11 Å². The molecule has 0 radical (unpaired) electrons. The van der Waals surface area contributed by atoms with E-state index in [1.807, 2.05) is 12.1 Å². The first-order chi connectivity index (χ1) is 15.9. The molecule has 0 heterocycles. The van der Waals surface area contributed by atoms with E-state index in [9.17, 15) is 5.11 Å². The van der Waals surface area contributed by atoms with Crippen molar-refractivity contribution in [3.05, 3.63) is 35.4 Å². The number of nitrogens with zero attached hydrogens (tertiary/aromatic N) is 1. The SMILES string of the molecule is CCC[C@@]1(O)CC[C@H]2[C@H](CC[C@@H]3[C@@H]2CC[C@]2(C)[C@@H]([C@H](C)Cc4ccc(C#N)cc4)CC[C@@H]32)C1. The van der Waals surface area contributed by atoms with Gasteiger partial charge in [-0.1, -0.05) is 39.3 Å². The Morgan fingerprint density at radius 3 is 2.48 bits per heavy atom. The molecule has 0 saturated heterocycles. The summed E-state index contributed by atoms with van der Waals surface area (Å²) in [4.78, 5) is 0. The summed E-state index contributed by atoms with van der Waals surface area (Å²) in [5.74, 6) is 6.00. The highest BCUT2D eigenvalue weighted by atomic mass is 16.3. The van der Waals surface area contributed by atoms with E-state index in [1.54, 1.807) is 0 Å². The lowest BCUT2D eigenvalue weighted by atomic mass is 9.48. The van der Waals surface area contributed by atoms with Gasteiger partial charge in [-0.25, -0.2) is 0 Å². The second-order valence-corrected chi connectivity index (χ2v) is 12.9. The van der Waals surface area contributed by atoms with Crippen LogP contribution in [0, 0.1) is 58.2 Å². The molecular formula is C31H45NO. The average molecular weight is 448 g/mol. The Morgan fingerprint density at radius 1 is 1.00 bits per heavy atom. The summed E-state index contributed by atoms with van der Waals surface area (Å²) in [5.41, 5.74) is 2.32. The third-order valence-corrected chi connectivity index (χ3v) is 11.2. The molecule has 0 aliphatic heterocycles. The lowest BCUT2D eigenvalue weighted by Crippen LogP contribution is -2.51. The van der Waals surface area contributed by atoms with Crippen LogP contribution in [0.2, 0.25) is 0 Å². The maximum atomic E-state index is 11.1. The van der Waals surface area contributed by atoms with E-state index in [4.69, 9.17) is 5.26 Å². The van der Waals surface area contributed by atoms with Gasteiger partial charge in [-0.2, -0.15) is 5.26 Å². The van der Waals surface area contributed by atoms with Gasteiger partial charge in [0.15, 0.2) is 0 Å². The molecule has 1 N–H and O–H groups in total. The van der Waals surface area contributed by atoms with E-state index in [-0.39, 0.29) is 5.60 Å². The Hall–Kier alpha value is -1.33. The number of rotatable bonds is 5. The average Bonchev–Trinajstić information content (AvgIpc) is 3.16. The minimum atomic E-state index is -0.356. The quantitative estimate of drug-likeness (QED) is 0.507. The summed E-state index contributed by atoms with van der Waals surface area (Å²) in [6.45, 7) is 7.38. The van der Waals surface area contributed by atoms with Crippen LogP contribution in [0.3, 0.4) is 0 Å². The molecule has 0 aromatic heterocycles. The summed E-state index contributed by atoms with van der Waals surface area (Å²) in [7, 11) is 0. The second-order valence-electron chi connectivity index (χ2n) is 12.9. The Kier molecular flexibility index (Phi) is 6.41. The standard InChI is InChI=1S/C31H45NO/c1-4-15-31(33)17-14-25-24(19-31)9-10-27-26(25)13-16-30(3)28(11-12-29(27)30)21(2)18-22-5-7-23(20-32)8-6-22/h5-8,21,24-29,33H,4,9-19H2,1-3H3/t21-,24-,25+,26-,27-,28-,29+,30-,31-/m1/s1. The molecule has 180 valence electrons. The first kappa shape index (κ1) is 23.4. The number of nitriles is 1. The normalized spacial score (nSPS) is 43.1. The first-order valence-corrected chi connectivity index (χ1v) is 14.1. The van der Waals surface area contributed by atoms with E-state index in [2.05, 4.69) is 39.0 Å². The van der Waals surface area contributed by atoms with Gasteiger partial charge in [-0.05, 0) is 135 Å². The zero-order chi connectivity index (χ0) is 23.2. The zero-order valence-corrected chi connectivity index (χ0v) is 21.2. The van der Waals surface area contributed by atoms with Gasteiger partial charge in [-0.3, -0.25) is 0 Å². The summed E-state index contributed by atoms with van der Waals surface area (Å²) >= 11 is 0. The fraction of sp³-hybridized carbons (Fsp3) is 0.774. The van der Waals surface area contributed by atoms with Crippen molar-refractivity contribution >= 4 is 0 Å². The van der Waals surface area contributed by atoms with Crippen LogP contribution in [0.4, 0.5) is 0 Å². The molecule has 4 aliphatic rings. The summed E-state index contributed by atoms with van der Waals surface area (Å²) in [6, 6.07) is 10.6. The monoisotopic (exact) mass is 447 g/mol. The van der Waals surface area contributed by atoms with Crippen LogP contribution >= 0.6 is 0 Å². The molecule has 1 aromatic carbocycles. The van der Waals surface area contributed by atoms with Crippen molar-refractivity contribution in [1.82, 2.24) is 0 Å². The first-order valence-electron chi connectivity index (χ1n) is 14.1. The third kappa shape index (κ3) is 4.18. The smallest absolute Gasteiger partial charge is 0.0991 e. The summed E-state index contributed by atoms with van der Waals surface area (Å²) in [6.07, 6.45) is 15.2. The van der Waals surface area contributed by atoms with Crippen LogP contribution in [-0.4, -0.2) is 10.7 Å². The number of hydrogen-bond acceptors (Lipinski definition) is 2. The van der Waals surface area contributed by atoms with Gasteiger partial charge in [0.2, 0.25) is 0 Å². The topological polar surface area (TPSA) is 44.0 Å². The van der Waals surface area contributed by atoms with Crippen molar-refractivity contribution in [3.63, 3.8) is 0 Å². The molecule has 5 rings (SSSR count). The van der Waals surface area contributed by atoms with Crippen LogP contribution in [0.5, 0.6) is 0 Å². The Morgan fingerprint density at radius 2 is 1.76 bits per heavy atom. The minimum absolute atomic E-state index is 0.356. The Balaban J connectivity index is 1.27. The molecule has 4 saturated carbocycles. The van der Waals surface area contributed by atoms with Gasteiger partial charge in [0, 0.05) is 0 Å². The molecular weight excluding hydrogens is 402 g/mol. The van der Waals surface area contributed by atoms with Gasteiger partial charge in [-0.15, -0.1) is 0 Å². The van der Waals surface area contributed by atoms with E-state index in [0.29, 0.717) is 11.3 Å². The molecule has 0 spiro atoms. The predicted molar refractivity (Wildman–Crippen MR) is 134 cm³/mol. The van der Waals surface area contributed by atoms with Crippen LogP contribution < -0.4 is 0 Å². The van der Waals surface area contributed by atoms with Crippen LogP contribution in [0.25, 0.3) is 0 Å². The molecule has 2 heteroatoms. The lowest BCUT2D eigenvalue weighted by molar-refractivity contribution is -0.110. The van der Waals surface area contributed by atoms with Crippen molar-refractivity contribution in [2.24, 2.45) is 46.8 Å². The predicted octanol–water partition coefficient (Wildman–Crippen LogP) is 7.54. The molecule has 2 nitrogen and oxygen atoms in total. The van der Waals surface area contributed by atoms with Crippen LogP contribution in [0.15, 0.2) is 24.3 Å². The summed E-state index contributed by atoms with van der Waals surface area (Å²) < 4.78 is 0. The van der Waals surface area contributed by atoms with Crippen molar-refractivity contribution in [2.45, 2.75) is 103 Å². The van der Waals surface area contributed by atoms with E-state index < -0.39 is 0 Å². The van der Waals surface area contributed by atoms with Gasteiger partial charge in [0.25, 0.3) is 0 Å². The maximum Gasteiger partial charge on any atom is 0.0991 e. The van der Waals surface area contributed by atoms with E-state index >= 15 is 0 Å². The fourth-order valence-electron chi connectivity index (χ4n) is 9.86. The molecule has 4 fully saturated rings. The van der Waals surface area contributed by atoms with Gasteiger partial charge in [0.1, 0.15) is 0 Å². The van der Waals surface area contributed by atoms with E-state index in [0.717, 1.165) is 73.2 Å². The highest BCUT2D eigenvalue weighted by Crippen LogP contribution is 2.66. The van der Waals surface area contributed by atoms with E-state index in [1.165, 1.54) is 50.5 Å². The summed E-state index contributed by atoms with van der Waals surface area (Å²) in [5, 5.41) is 20.2. The highest BCUT2D eigenvalue weighted by molar-refractivity contribution is 5.31. The molecule has 9 atom stereocenters. The number of fused-ring (bicyclic) bond motifs is 5. The molecule has 0 unspecified atom stereocenters. The van der Waals surface area contributed by atoms with Gasteiger partial charge in [0.05, 0.1) is 17.2 Å². The molecule has 1 aromatic rings. The highest BCUT2D eigenvalue weighted by Gasteiger charge is 2.58. The number of aliphatic hydroxyl groups is 1. The molecule has 0 bridgehead atoms. The van der Waals surface area contributed by atoms with Gasteiger partial charge >= 0.3 is 0 Å². The van der Waals surface area contributed by atoms with Crippen LogP contribution in [-0.2, 0) is 6.42 Å². The maximum absolute atomic E-state index is 11.1. The lowest BCUT2D eigenvalue weighted by Gasteiger charge is -2.57. The van der Waals surface area contributed by atoms with Crippen molar-refractivity contribution in [3.8, 4) is 6.07 Å². The molecule has 4 aliphatic carbocycles. The van der Waals surface area contributed by atoms with Crippen LogP contribution in [0.1, 0.15) is 103 Å². The fourth-order valence-corrected chi connectivity index (χ4v) is 9.86. The largest absolute Gasteiger partial charge is 0.390 e. The number of hydrogen-bond donors (Lipinski definition) is 1. The molecule has 0 amide bonds. The zero-order valence-electron chi connectivity index (χ0n) is 21.2. The number of benzene rings is 1. The minimum Gasteiger partial charge on any atom is -0.390 e. The Labute approximate surface area is 202 Å². The van der Waals surface area contributed by atoms with Gasteiger partial charge < -0.3 is 5.11 Å². The second kappa shape index (κ2) is 9.03. The van der Waals surface area contributed by atoms with Crippen molar-refractivity contribution in [1.29, 1.82) is 5.26 Å². The van der Waals surface area contributed by atoms with Crippen molar-refractivity contribution in [2.75, 3.05) is 0 Å². The Bertz CT molecular complexity index is 870. The third-order valence-electron chi connectivity index (χ3n) is 11.2.